The van der Waals surface area contributed by atoms with Crippen molar-refractivity contribution in [3.05, 3.63) is 22.4 Å². The molecule has 1 aromatic heterocycles. The lowest BCUT2D eigenvalue weighted by Gasteiger charge is -2.51. The van der Waals surface area contributed by atoms with Gasteiger partial charge in [-0.2, -0.15) is 0 Å². The first-order valence-corrected chi connectivity index (χ1v) is 8.23. The highest BCUT2D eigenvalue weighted by Gasteiger charge is 2.51. The van der Waals surface area contributed by atoms with Crippen LogP contribution in [0.4, 0.5) is 0 Å². The molecular formula is C15H20N2OS. The summed E-state index contributed by atoms with van der Waals surface area (Å²) in [5.74, 6) is 1.20. The van der Waals surface area contributed by atoms with Crippen LogP contribution in [0.25, 0.3) is 0 Å². The Morgan fingerprint density at radius 1 is 1.37 bits per heavy atom. The summed E-state index contributed by atoms with van der Waals surface area (Å²) in [6, 6.07) is 3.91. The van der Waals surface area contributed by atoms with E-state index in [4.69, 9.17) is 0 Å². The van der Waals surface area contributed by atoms with Crippen LogP contribution in [0, 0.1) is 5.92 Å². The van der Waals surface area contributed by atoms with Gasteiger partial charge in [-0.15, -0.1) is 11.3 Å². The van der Waals surface area contributed by atoms with E-state index in [1.807, 2.05) is 17.5 Å². The lowest BCUT2D eigenvalue weighted by Crippen LogP contribution is -2.61. The quantitative estimate of drug-likeness (QED) is 0.846. The number of carbonyl (C=O) groups is 1. The van der Waals surface area contributed by atoms with Crippen LogP contribution >= 0.6 is 11.3 Å². The standard InChI is InChI=1S/C15H20N2OS/c18-14(13-2-1-9-19-13)16-7-5-15(11-16)6-8-17(15)10-12-3-4-12/h1-2,9,12H,3-8,10-11H2. The van der Waals surface area contributed by atoms with Crippen molar-refractivity contribution in [2.24, 2.45) is 5.92 Å². The lowest BCUT2D eigenvalue weighted by atomic mass is 9.83. The molecular weight excluding hydrogens is 256 g/mol. The number of nitrogens with zero attached hydrogens (tertiary/aromatic N) is 2. The largest absolute Gasteiger partial charge is 0.336 e. The van der Waals surface area contributed by atoms with Gasteiger partial charge in [0.05, 0.1) is 4.88 Å². The van der Waals surface area contributed by atoms with Crippen molar-refractivity contribution in [1.82, 2.24) is 9.80 Å². The van der Waals surface area contributed by atoms with E-state index in [1.165, 1.54) is 38.8 Å². The molecule has 19 heavy (non-hydrogen) atoms. The van der Waals surface area contributed by atoms with Crippen LogP contribution < -0.4 is 0 Å². The Hall–Kier alpha value is -0.870. The minimum atomic E-state index is 0.241. The number of thiophene rings is 1. The summed E-state index contributed by atoms with van der Waals surface area (Å²) in [6.45, 7) is 4.42. The van der Waals surface area contributed by atoms with E-state index >= 15 is 0 Å². The van der Waals surface area contributed by atoms with Crippen molar-refractivity contribution in [1.29, 1.82) is 0 Å². The van der Waals surface area contributed by atoms with Gasteiger partial charge in [0.15, 0.2) is 0 Å². The summed E-state index contributed by atoms with van der Waals surface area (Å²) in [6.07, 6.45) is 5.31. The smallest absolute Gasteiger partial charge is 0.263 e. The molecule has 1 aliphatic carbocycles. The summed E-state index contributed by atoms with van der Waals surface area (Å²) in [4.78, 5) is 18.0. The van der Waals surface area contributed by atoms with Gasteiger partial charge in [0, 0.05) is 31.7 Å². The van der Waals surface area contributed by atoms with E-state index in [1.54, 1.807) is 11.3 Å². The number of likely N-dealkylation sites (tertiary alicyclic amines) is 2. The molecule has 102 valence electrons. The number of carbonyl (C=O) groups excluding carboxylic acids is 1. The Labute approximate surface area is 118 Å². The number of rotatable bonds is 3. The average Bonchev–Trinajstić information content (AvgIpc) is 2.94. The Morgan fingerprint density at radius 2 is 2.21 bits per heavy atom. The first-order chi connectivity index (χ1) is 9.27. The molecule has 2 saturated heterocycles. The van der Waals surface area contributed by atoms with Crippen molar-refractivity contribution in [3.8, 4) is 0 Å². The van der Waals surface area contributed by atoms with Gasteiger partial charge in [0.2, 0.25) is 0 Å². The van der Waals surface area contributed by atoms with Crippen LogP contribution in [-0.4, -0.2) is 47.4 Å². The maximum Gasteiger partial charge on any atom is 0.263 e. The summed E-state index contributed by atoms with van der Waals surface area (Å²) in [5, 5.41) is 1.99. The molecule has 0 radical (unpaired) electrons. The third-order valence-corrected chi connectivity index (χ3v) is 5.90. The Morgan fingerprint density at radius 3 is 2.84 bits per heavy atom. The van der Waals surface area contributed by atoms with Gasteiger partial charge in [-0.05, 0) is 43.0 Å². The highest BCUT2D eigenvalue weighted by atomic mass is 32.1. The van der Waals surface area contributed by atoms with Crippen molar-refractivity contribution in [2.45, 2.75) is 31.2 Å². The SMILES string of the molecule is O=C(c1cccs1)N1CCC2(CCN2CC2CC2)C1. The molecule has 4 heteroatoms. The van der Waals surface area contributed by atoms with Gasteiger partial charge in [-0.1, -0.05) is 6.07 Å². The molecule has 1 saturated carbocycles. The monoisotopic (exact) mass is 276 g/mol. The number of hydrogen-bond acceptors (Lipinski definition) is 3. The van der Waals surface area contributed by atoms with E-state index in [-0.39, 0.29) is 5.91 Å². The fraction of sp³-hybridized carbons (Fsp3) is 0.667. The fourth-order valence-corrected chi connectivity index (χ4v) is 4.22. The predicted octanol–water partition coefficient (Wildman–Crippen LogP) is 2.45. The first kappa shape index (κ1) is 11.9. The van der Waals surface area contributed by atoms with Crippen LogP contribution in [0.3, 0.4) is 0 Å². The van der Waals surface area contributed by atoms with Gasteiger partial charge in [0.25, 0.3) is 5.91 Å². The van der Waals surface area contributed by atoms with Crippen molar-refractivity contribution < 1.29 is 4.79 Å². The molecule has 3 fully saturated rings. The molecule has 1 spiro atoms. The minimum absolute atomic E-state index is 0.241. The fourth-order valence-electron chi connectivity index (χ4n) is 3.53. The second-order valence-corrected chi connectivity index (χ2v) is 7.27. The Kier molecular flexibility index (Phi) is 2.71. The van der Waals surface area contributed by atoms with Crippen LogP contribution in [0.15, 0.2) is 17.5 Å². The molecule has 0 N–H and O–H groups in total. The van der Waals surface area contributed by atoms with E-state index in [0.29, 0.717) is 5.54 Å². The summed E-state index contributed by atoms with van der Waals surface area (Å²) < 4.78 is 0. The topological polar surface area (TPSA) is 23.6 Å². The summed E-state index contributed by atoms with van der Waals surface area (Å²) >= 11 is 1.56. The number of hydrogen-bond donors (Lipinski definition) is 0. The zero-order valence-corrected chi connectivity index (χ0v) is 12.0. The highest BCUT2D eigenvalue weighted by molar-refractivity contribution is 7.12. The molecule has 3 heterocycles. The van der Waals surface area contributed by atoms with Gasteiger partial charge in [-0.3, -0.25) is 9.69 Å². The molecule has 0 bridgehead atoms. The first-order valence-electron chi connectivity index (χ1n) is 7.35. The van der Waals surface area contributed by atoms with Crippen LogP contribution in [0.2, 0.25) is 0 Å². The maximum atomic E-state index is 12.4. The van der Waals surface area contributed by atoms with Crippen LogP contribution in [0.1, 0.15) is 35.4 Å². The molecule has 3 aliphatic rings. The minimum Gasteiger partial charge on any atom is -0.336 e. The summed E-state index contributed by atoms with van der Waals surface area (Å²) in [5.41, 5.74) is 0.343. The molecule has 3 nitrogen and oxygen atoms in total. The van der Waals surface area contributed by atoms with E-state index in [9.17, 15) is 4.79 Å². The average molecular weight is 276 g/mol. The predicted molar refractivity (Wildman–Crippen MR) is 76.5 cm³/mol. The molecule has 4 rings (SSSR count). The van der Waals surface area contributed by atoms with Gasteiger partial charge >= 0.3 is 0 Å². The second kappa shape index (κ2) is 4.32. The number of amides is 1. The van der Waals surface area contributed by atoms with Crippen molar-refractivity contribution >= 4 is 17.2 Å². The van der Waals surface area contributed by atoms with E-state index in [2.05, 4.69) is 9.80 Å². The van der Waals surface area contributed by atoms with Crippen LogP contribution in [0.5, 0.6) is 0 Å². The second-order valence-electron chi connectivity index (χ2n) is 6.32. The van der Waals surface area contributed by atoms with E-state index < -0.39 is 0 Å². The highest BCUT2D eigenvalue weighted by Crippen LogP contribution is 2.42. The van der Waals surface area contributed by atoms with Gasteiger partial charge in [0.1, 0.15) is 0 Å². The maximum absolute atomic E-state index is 12.4. The normalized spacial score (nSPS) is 30.8. The lowest BCUT2D eigenvalue weighted by molar-refractivity contribution is -0.00927. The molecule has 1 unspecified atom stereocenters. The van der Waals surface area contributed by atoms with Crippen molar-refractivity contribution in [3.63, 3.8) is 0 Å². The van der Waals surface area contributed by atoms with Crippen molar-refractivity contribution in [2.75, 3.05) is 26.2 Å². The third-order valence-electron chi connectivity index (χ3n) is 5.04. The Bertz CT molecular complexity index is 482. The van der Waals surface area contributed by atoms with E-state index in [0.717, 1.165) is 23.9 Å². The molecule has 0 aromatic carbocycles. The molecule has 1 amide bonds. The summed E-state index contributed by atoms with van der Waals surface area (Å²) in [7, 11) is 0. The molecule has 1 atom stereocenters. The Balaban J connectivity index is 1.43. The molecule has 1 aromatic rings. The zero-order chi connectivity index (χ0) is 12.9. The van der Waals surface area contributed by atoms with Gasteiger partial charge in [-0.25, -0.2) is 0 Å². The third kappa shape index (κ3) is 2.01. The zero-order valence-electron chi connectivity index (χ0n) is 11.2. The van der Waals surface area contributed by atoms with Crippen LogP contribution in [-0.2, 0) is 0 Å². The molecule has 2 aliphatic heterocycles. The van der Waals surface area contributed by atoms with Gasteiger partial charge < -0.3 is 4.90 Å².